The van der Waals surface area contributed by atoms with E-state index in [2.05, 4.69) is 5.32 Å². The van der Waals surface area contributed by atoms with Gasteiger partial charge in [-0.15, -0.1) is 0 Å². The van der Waals surface area contributed by atoms with E-state index >= 15 is 0 Å². The number of halogens is 2. The van der Waals surface area contributed by atoms with Gasteiger partial charge in [-0.3, -0.25) is 9.69 Å². The van der Waals surface area contributed by atoms with Crippen molar-refractivity contribution in [3.63, 3.8) is 0 Å². The number of anilines is 1. The van der Waals surface area contributed by atoms with Crippen LogP contribution >= 0.6 is 23.2 Å². The van der Waals surface area contributed by atoms with Crippen LogP contribution in [0.2, 0.25) is 10.0 Å². The Hall–Kier alpha value is -0.810. The minimum Gasteiger partial charge on any atom is -0.395 e. The molecule has 1 rings (SSSR count). The molecule has 0 saturated heterocycles. The van der Waals surface area contributed by atoms with E-state index in [1.54, 1.807) is 18.2 Å². The number of carbonyl (C=O) groups is 1. The molecule has 2 N–H and O–H groups in total. The zero-order valence-corrected chi connectivity index (χ0v) is 12.3. The van der Waals surface area contributed by atoms with Crippen molar-refractivity contribution in [1.82, 2.24) is 4.90 Å². The van der Waals surface area contributed by atoms with Crippen molar-refractivity contribution >= 4 is 34.8 Å². The third kappa shape index (κ3) is 5.78. The van der Waals surface area contributed by atoms with Gasteiger partial charge >= 0.3 is 0 Å². The van der Waals surface area contributed by atoms with Crippen LogP contribution in [0.25, 0.3) is 0 Å². The smallest absolute Gasteiger partial charge is 0.238 e. The molecule has 6 heteroatoms. The van der Waals surface area contributed by atoms with Crippen molar-refractivity contribution in [3.05, 3.63) is 28.2 Å². The largest absolute Gasteiger partial charge is 0.395 e. The molecule has 4 nitrogen and oxygen atoms in total. The number of hydrogen-bond donors (Lipinski definition) is 2. The number of benzene rings is 1. The first-order valence-electron chi connectivity index (χ1n) is 6.15. The zero-order chi connectivity index (χ0) is 14.3. The zero-order valence-electron chi connectivity index (χ0n) is 10.8. The molecular formula is C13H18Cl2N2O2. The molecule has 0 heterocycles. The molecule has 0 spiro atoms. The summed E-state index contributed by atoms with van der Waals surface area (Å²) in [6.07, 6.45) is 0.922. The summed E-state index contributed by atoms with van der Waals surface area (Å²) in [5.74, 6) is -0.175. The maximum Gasteiger partial charge on any atom is 0.238 e. The summed E-state index contributed by atoms with van der Waals surface area (Å²) in [4.78, 5) is 13.8. The fourth-order valence-corrected chi connectivity index (χ4v) is 2.05. The van der Waals surface area contributed by atoms with Crippen molar-refractivity contribution in [1.29, 1.82) is 0 Å². The number of hydrogen-bond acceptors (Lipinski definition) is 3. The molecule has 106 valence electrons. The molecule has 0 aromatic heterocycles. The molecule has 1 aromatic rings. The van der Waals surface area contributed by atoms with Gasteiger partial charge in [-0.05, 0) is 31.2 Å². The van der Waals surface area contributed by atoms with E-state index < -0.39 is 0 Å². The van der Waals surface area contributed by atoms with Crippen molar-refractivity contribution in [2.75, 3.05) is 31.6 Å². The summed E-state index contributed by atoms with van der Waals surface area (Å²) in [5, 5.41) is 12.6. The summed E-state index contributed by atoms with van der Waals surface area (Å²) < 4.78 is 0. The Bertz CT molecular complexity index is 421. The van der Waals surface area contributed by atoms with Gasteiger partial charge in [0.2, 0.25) is 5.91 Å². The summed E-state index contributed by atoms with van der Waals surface area (Å²) in [7, 11) is 0. The van der Waals surface area contributed by atoms with E-state index in [1.165, 1.54) is 0 Å². The third-order valence-corrected chi connectivity index (χ3v) is 3.09. The van der Waals surface area contributed by atoms with Crippen molar-refractivity contribution < 1.29 is 9.90 Å². The van der Waals surface area contributed by atoms with Crippen molar-refractivity contribution in [2.24, 2.45) is 0 Å². The first kappa shape index (κ1) is 16.2. The van der Waals surface area contributed by atoms with Gasteiger partial charge in [0.15, 0.2) is 0 Å². The molecule has 1 aromatic carbocycles. The quantitative estimate of drug-likeness (QED) is 0.814. The third-order valence-electron chi connectivity index (χ3n) is 2.53. The molecule has 0 aliphatic heterocycles. The molecule has 0 bridgehead atoms. The Balaban J connectivity index is 2.60. The van der Waals surface area contributed by atoms with Crippen LogP contribution in [0, 0.1) is 0 Å². The maximum absolute atomic E-state index is 11.9. The Labute approximate surface area is 123 Å². The second kappa shape index (κ2) is 8.38. The fraction of sp³-hybridized carbons (Fsp3) is 0.462. The van der Waals surface area contributed by atoms with Gasteiger partial charge in [0.25, 0.3) is 0 Å². The molecule has 0 unspecified atom stereocenters. The Morgan fingerprint density at radius 1 is 1.37 bits per heavy atom. The highest BCUT2D eigenvalue weighted by Crippen LogP contribution is 2.25. The summed E-state index contributed by atoms with van der Waals surface area (Å²) in [6.45, 7) is 3.51. The lowest BCUT2D eigenvalue weighted by Crippen LogP contribution is -2.35. The minimum atomic E-state index is -0.175. The van der Waals surface area contributed by atoms with Gasteiger partial charge in [0, 0.05) is 11.6 Å². The number of aliphatic hydroxyl groups is 1. The first-order valence-corrected chi connectivity index (χ1v) is 6.90. The van der Waals surface area contributed by atoms with E-state index in [4.69, 9.17) is 28.3 Å². The molecule has 0 radical (unpaired) electrons. The number of amides is 1. The number of aliphatic hydroxyl groups excluding tert-OH is 1. The summed E-state index contributed by atoms with van der Waals surface area (Å²) in [6, 6.07) is 4.91. The van der Waals surface area contributed by atoms with Crippen LogP contribution in [0.4, 0.5) is 5.69 Å². The molecule has 0 atom stereocenters. The Morgan fingerprint density at radius 2 is 2.11 bits per heavy atom. The monoisotopic (exact) mass is 304 g/mol. The lowest BCUT2D eigenvalue weighted by atomic mass is 10.3. The fourth-order valence-electron chi connectivity index (χ4n) is 1.71. The average Bonchev–Trinajstić information content (AvgIpc) is 2.34. The molecule has 0 aliphatic rings. The van der Waals surface area contributed by atoms with Crippen molar-refractivity contribution in [3.8, 4) is 0 Å². The predicted molar refractivity (Wildman–Crippen MR) is 78.9 cm³/mol. The topological polar surface area (TPSA) is 52.6 Å². The van der Waals surface area contributed by atoms with Crippen LogP contribution in [-0.4, -0.2) is 42.2 Å². The van der Waals surface area contributed by atoms with Gasteiger partial charge in [0.1, 0.15) is 0 Å². The lowest BCUT2D eigenvalue weighted by molar-refractivity contribution is -0.117. The van der Waals surface area contributed by atoms with E-state index in [9.17, 15) is 4.79 Å². The predicted octanol–water partition coefficient (Wildman–Crippen LogP) is 2.64. The second-order valence-corrected chi connectivity index (χ2v) is 5.02. The maximum atomic E-state index is 11.9. The molecule has 1 amide bonds. The molecular weight excluding hydrogens is 287 g/mol. The van der Waals surface area contributed by atoms with Gasteiger partial charge in [-0.25, -0.2) is 0 Å². The van der Waals surface area contributed by atoms with Crippen LogP contribution in [0.15, 0.2) is 18.2 Å². The summed E-state index contributed by atoms with van der Waals surface area (Å²) in [5.41, 5.74) is 0.500. The van der Waals surface area contributed by atoms with Crippen LogP contribution in [-0.2, 0) is 4.79 Å². The second-order valence-electron chi connectivity index (χ2n) is 4.17. The Kier molecular flexibility index (Phi) is 7.16. The van der Waals surface area contributed by atoms with E-state index in [0.717, 1.165) is 13.0 Å². The van der Waals surface area contributed by atoms with Crippen LogP contribution in [0.3, 0.4) is 0 Å². The molecule has 0 saturated carbocycles. The van der Waals surface area contributed by atoms with Gasteiger partial charge in [-0.1, -0.05) is 30.1 Å². The average molecular weight is 305 g/mol. The van der Waals surface area contributed by atoms with E-state index in [0.29, 0.717) is 22.3 Å². The molecule has 19 heavy (non-hydrogen) atoms. The number of carbonyl (C=O) groups excluding carboxylic acids is 1. The minimum absolute atomic E-state index is 0.0329. The van der Waals surface area contributed by atoms with Gasteiger partial charge in [-0.2, -0.15) is 0 Å². The molecule has 0 aliphatic carbocycles. The highest BCUT2D eigenvalue weighted by molar-refractivity contribution is 6.35. The summed E-state index contributed by atoms with van der Waals surface area (Å²) >= 11 is 11.8. The van der Waals surface area contributed by atoms with Crippen LogP contribution in [0.5, 0.6) is 0 Å². The highest BCUT2D eigenvalue weighted by atomic mass is 35.5. The van der Waals surface area contributed by atoms with Gasteiger partial charge in [0.05, 0.1) is 23.9 Å². The normalized spacial score (nSPS) is 10.8. The number of nitrogens with one attached hydrogen (secondary N) is 1. The van der Waals surface area contributed by atoms with Crippen molar-refractivity contribution in [2.45, 2.75) is 13.3 Å². The highest BCUT2D eigenvalue weighted by Gasteiger charge is 2.11. The standard InChI is InChI=1S/C13H18Cl2N2O2/c1-2-5-17(6-7-18)9-13(19)16-12-8-10(14)3-4-11(12)15/h3-4,8,18H,2,5-7,9H2,1H3,(H,16,19). The van der Waals surface area contributed by atoms with Crippen LogP contribution < -0.4 is 5.32 Å². The van der Waals surface area contributed by atoms with Gasteiger partial charge < -0.3 is 10.4 Å². The number of rotatable bonds is 7. The first-order chi connectivity index (χ1) is 9.06. The SMILES string of the molecule is CCCN(CCO)CC(=O)Nc1cc(Cl)ccc1Cl. The van der Waals surface area contributed by atoms with E-state index in [-0.39, 0.29) is 19.1 Å². The van der Waals surface area contributed by atoms with E-state index in [1.807, 2.05) is 11.8 Å². The Morgan fingerprint density at radius 3 is 2.74 bits per heavy atom. The number of nitrogens with zero attached hydrogens (tertiary/aromatic N) is 1. The van der Waals surface area contributed by atoms with Crippen LogP contribution in [0.1, 0.15) is 13.3 Å². The molecule has 0 fully saturated rings. The lowest BCUT2D eigenvalue weighted by Gasteiger charge is -2.20.